The molecule has 6 aromatic rings. The Morgan fingerprint density at radius 1 is 0.805 bits per heavy atom. The van der Waals surface area contributed by atoms with Gasteiger partial charge in [-0.05, 0) is 57.5 Å². The van der Waals surface area contributed by atoms with Crippen molar-refractivity contribution in [3.8, 4) is 0 Å². The predicted octanol–water partition coefficient (Wildman–Crippen LogP) is 5.71. The topological polar surface area (TPSA) is 79.7 Å². The molecule has 1 unspecified atom stereocenters. The highest BCUT2D eigenvalue weighted by molar-refractivity contribution is 5.82. The fourth-order valence-electron chi connectivity index (χ4n) is 5.41. The normalized spacial score (nSPS) is 12.1. The van der Waals surface area contributed by atoms with E-state index < -0.39 is 6.04 Å². The lowest BCUT2D eigenvalue weighted by atomic mass is 10.0. The highest BCUT2D eigenvalue weighted by Crippen LogP contribution is 2.29. The molecule has 2 aromatic heterocycles. The smallest absolute Gasteiger partial charge is 0.253 e. The minimum Gasteiger partial charge on any atom is -0.321 e. The van der Waals surface area contributed by atoms with E-state index in [0.29, 0.717) is 31.0 Å². The van der Waals surface area contributed by atoms with Gasteiger partial charge in [0.2, 0.25) is 0 Å². The molecule has 7 heteroatoms. The molecule has 0 amide bonds. The number of pyridine rings is 1. The van der Waals surface area contributed by atoms with Gasteiger partial charge in [-0.25, -0.2) is 4.68 Å². The fourth-order valence-corrected chi connectivity index (χ4v) is 5.41. The van der Waals surface area contributed by atoms with Crippen LogP contribution in [0, 0.1) is 6.92 Å². The van der Waals surface area contributed by atoms with E-state index in [1.807, 2.05) is 78.3 Å². The quantitative estimate of drug-likeness (QED) is 0.241. The molecule has 0 saturated carbocycles. The van der Waals surface area contributed by atoms with Crippen molar-refractivity contribution in [3.05, 3.63) is 159 Å². The molecule has 0 saturated heterocycles. The molecule has 0 bridgehead atoms. The third-order valence-corrected chi connectivity index (χ3v) is 7.51. The maximum absolute atomic E-state index is 13.9. The van der Waals surface area contributed by atoms with Crippen LogP contribution in [0.3, 0.4) is 0 Å². The number of H-pyrrole nitrogens is 1. The number of hydrogen-bond acceptors (Lipinski definition) is 5. The zero-order valence-electron chi connectivity index (χ0n) is 23.0. The molecule has 0 aliphatic heterocycles. The Kier molecular flexibility index (Phi) is 7.78. The molecule has 1 N–H and O–H groups in total. The molecule has 0 radical (unpaired) electrons. The first-order valence-corrected chi connectivity index (χ1v) is 13.9. The van der Waals surface area contributed by atoms with Crippen molar-refractivity contribution in [2.45, 2.75) is 32.5 Å². The second kappa shape index (κ2) is 12.1. The van der Waals surface area contributed by atoms with Gasteiger partial charge < -0.3 is 4.98 Å². The molecule has 1 atom stereocenters. The number of rotatable bonds is 10. The SMILES string of the molecule is Cc1cccc2cc(C(c3nnnn3Cc3ccccc3)N(CCc3ccccc3)Cc3ccccc3)c(=O)[nH]c12. The van der Waals surface area contributed by atoms with Gasteiger partial charge in [0.05, 0.1) is 12.1 Å². The molecule has 0 fully saturated rings. The Bertz CT molecular complexity index is 1780. The van der Waals surface area contributed by atoms with E-state index >= 15 is 0 Å². The number of aromatic amines is 1. The van der Waals surface area contributed by atoms with Gasteiger partial charge in [0.25, 0.3) is 5.56 Å². The van der Waals surface area contributed by atoms with E-state index in [1.54, 1.807) is 0 Å². The van der Waals surface area contributed by atoms with Crippen molar-refractivity contribution >= 4 is 10.9 Å². The van der Waals surface area contributed by atoms with Crippen LogP contribution >= 0.6 is 0 Å². The first-order valence-electron chi connectivity index (χ1n) is 13.9. The van der Waals surface area contributed by atoms with Crippen molar-refractivity contribution in [2.24, 2.45) is 0 Å². The van der Waals surface area contributed by atoms with Crippen LogP contribution in [0.1, 0.15) is 39.7 Å². The summed E-state index contributed by atoms with van der Waals surface area (Å²) in [5.41, 5.74) is 5.84. The summed E-state index contributed by atoms with van der Waals surface area (Å²) in [5.74, 6) is 0.635. The summed E-state index contributed by atoms with van der Waals surface area (Å²) in [6, 6.07) is 38.5. The van der Waals surface area contributed by atoms with Crippen LogP contribution in [0.15, 0.2) is 120 Å². The monoisotopic (exact) mass is 540 g/mol. The molecular weight excluding hydrogens is 508 g/mol. The maximum Gasteiger partial charge on any atom is 0.253 e. The summed E-state index contributed by atoms with van der Waals surface area (Å²) in [6.07, 6.45) is 0.815. The number of aryl methyl sites for hydroxylation is 1. The molecule has 41 heavy (non-hydrogen) atoms. The largest absolute Gasteiger partial charge is 0.321 e. The molecule has 0 aliphatic carbocycles. The summed E-state index contributed by atoms with van der Waals surface area (Å²) < 4.78 is 1.82. The number of hydrogen-bond donors (Lipinski definition) is 1. The molecule has 204 valence electrons. The summed E-state index contributed by atoms with van der Waals surface area (Å²) in [5, 5.41) is 14.0. The van der Waals surface area contributed by atoms with Crippen molar-refractivity contribution < 1.29 is 0 Å². The van der Waals surface area contributed by atoms with Gasteiger partial charge in [0, 0.05) is 18.7 Å². The van der Waals surface area contributed by atoms with E-state index in [-0.39, 0.29) is 5.56 Å². The minimum absolute atomic E-state index is 0.135. The number of tetrazole rings is 1. The minimum atomic E-state index is -0.480. The number of para-hydroxylation sites is 1. The van der Waals surface area contributed by atoms with Crippen LogP contribution in [-0.2, 0) is 19.5 Å². The van der Waals surface area contributed by atoms with Gasteiger partial charge in [0.15, 0.2) is 5.82 Å². The average molecular weight is 541 g/mol. The lowest BCUT2D eigenvalue weighted by molar-refractivity contribution is 0.205. The number of benzene rings is 4. The summed E-state index contributed by atoms with van der Waals surface area (Å²) in [4.78, 5) is 19.4. The zero-order chi connectivity index (χ0) is 28.0. The predicted molar refractivity (Wildman–Crippen MR) is 162 cm³/mol. The van der Waals surface area contributed by atoms with E-state index in [2.05, 4.69) is 73.9 Å². The average Bonchev–Trinajstić information content (AvgIpc) is 3.45. The third-order valence-electron chi connectivity index (χ3n) is 7.51. The second-order valence-electron chi connectivity index (χ2n) is 10.4. The zero-order valence-corrected chi connectivity index (χ0v) is 23.0. The van der Waals surface area contributed by atoms with E-state index in [9.17, 15) is 4.79 Å². The van der Waals surface area contributed by atoms with Crippen molar-refractivity contribution in [1.29, 1.82) is 0 Å². The second-order valence-corrected chi connectivity index (χ2v) is 10.4. The van der Waals surface area contributed by atoms with Crippen LogP contribution < -0.4 is 5.56 Å². The molecule has 0 aliphatic rings. The molecule has 6 rings (SSSR count). The summed E-state index contributed by atoms with van der Waals surface area (Å²) in [6.45, 7) is 3.84. The Labute approximate surface area is 239 Å². The van der Waals surface area contributed by atoms with Gasteiger partial charge in [-0.3, -0.25) is 9.69 Å². The Hall–Kier alpha value is -4.88. The van der Waals surface area contributed by atoms with Crippen LogP contribution in [0.4, 0.5) is 0 Å². The number of nitrogens with one attached hydrogen (secondary N) is 1. The maximum atomic E-state index is 13.9. The number of aromatic nitrogens is 5. The first kappa shape index (κ1) is 26.3. The van der Waals surface area contributed by atoms with Gasteiger partial charge in [-0.1, -0.05) is 109 Å². The van der Waals surface area contributed by atoms with Crippen LogP contribution in [0.25, 0.3) is 10.9 Å². The standard InChI is InChI=1S/C34H32N6O/c1-25-12-11-19-29-22-30(34(41)35-31(25)29)32(33-36-37-38-40(33)24-28-17-9-4-10-18-28)39(23-27-15-7-3-8-16-27)21-20-26-13-5-2-6-14-26/h2-19,22,32H,20-21,23-24H2,1H3,(H,35,41). The molecular formula is C34H32N6O. The lowest BCUT2D eigenvalue weighted by Gasteiger charge is -2.31. The number of fused-ring (bicyclic) bond motifs is 1. The van der Waals surface area contributed by atoms with Gasteiger partial charge >= 0.3 is 0 Å². The van der Waals surface area contributed by atoms with E-state index in [0.717, 1.165) is 34.0 Å². The summed E-state index contributed by atoms with van der Waals surface area (Å²) >= 11 is 0. The third kappa shape index (κ3) is 6.00. The number of nitrogens with zero attached hydrogens (tertiary/aromatic N) is 5. The Morgan fingerprint density at radius 3 is 2.17 bits per heavy atom. The van der Waals surface area contributed by atoms with E-state index in [1.165, 1.54) is 5.56 Å². The fraction of sp³-hybridized carbons (Fsp3) is 0.176. The Morgan fingerprint density at radius 2 is 1.46 bits per heavy atom. The Balaban J connectivity index is 1.49. The highest BCUT2D eigenvalue weighted by Gasteiger charge is 2.31. The summed E-state index contributed by atoms with van der Waals surface area (Å²) in [7, 11) is 0. The highest BCUT2D eigenvalue weighted by atomic mass is 16.1. The van der Waals surface area contributed by atoms with Gasteiger partial charge in [-0.15, -0.1) is 5.10 Å². The van der Waals surface area contributed by atoms with Gasteiger partial charge in [-0.2, -0.15) is 0 Å². The van der Waals surface area contributed by atoms with Crippen molar-refractivity contribution in [2.75, 3.05) is 6.54 Å². The molecule has 7 nitrogen and oxygen atoms in total. The van der Waals surface area contributed by atoms with Crippen LogP contribution in [0.2, 0.25) is 0 Å². The van der Waals surface area contributed by atoms with Crippen LogP contribution in [0.5, 0.6) is 0 Å². The first-order chi connectivity index (χ1) is 20.2. The van der Waals surface area contributed by atoms with Crippen molar-refractivity contribution in [1.82, 2.24) is 30.1 Å². The van der Waals surface area contributed by atoms with Gasteiger partial charge in [0.1, 0.15) is 6.04 Å². The molecule has 2 heterocycles. The lowest BCUT2D eigenvalue weighted by Crippen LogP contribution is -2.36. The van der Waals surface area contributed by atoms with Crippen LogP contribution in [-0.4, -0.2) is 36.6 Å². The van der Waals surface area contributed by atoms with Crippen molar-refractivity contribution in [3.63, 3.8) is 0 Å². The molecule has 4 aromatic carbocycles. The van der Waals surface area contributed by atoms with E-state index in [4.69, 9.17) is 0 Å². The molecule has 0 spiro atoms.